The maximum absolute atomic E-state index is 12.8. The lowest BCUT2D eigenvalue weighted by Gasteiger charge is -2.37. The first-order valence-electron chi connectivity index (χ1n) is 8.43. The summed E-state index contributed by atoms with van der Waals surface area (Å²) in [5.41, 5.74) is 11.4. The third kappa shape index (κ3) is 4.19. The van der Waals surface area contributed by atoms with Crippen molar-refractivity contribution in [1.29, 1.82) is 0 Å². The van der Waals surface area contributed by atoms with Gasteiger partial charge in [-0.2, -0.15) is 0 Å². The molecule has 0 aromatic heterocycles. The molecule has 1 saturated carbocycles. The molecule has 1 saturated heterocycles. The Morgan fingerprint density at radius 1 is 1.00 bits per heavy atom. The van der Waals surface area contributed by atoms with Crippen molar-refractivity contribution in [2.24, 2.45) is 23.3 Å². The van der Waals surface area contributed by atoms with E-state index in [9.17, 15) is 9.59 Å². The Balaban J connectivity index is 2.11. The van der Waals surface area contributed by atoms with Crippen molar-refractivity contribution in [3.8, 4) is 0 Å². The van der Waals surface area contributed by atoms with Gasteiger partial charge in [-0.05, 0) is 44.6 Å². The molecule has 120 valence electrons. The van der Waals surface area contributed by atoms with Crippen LogP contribution >= 0.6 is 0 Å². The molecular weight excluding hydrogens is 266 g/mol. The van der Waals surface area contributed by atoms with Crippen molar-refractivity contribution >= 4 is 11.8 Å². The van der Waals surface area contributed by atoms with Gasteiger partial charge in [0.2, 0.25) is 11.8 Å². The van der Waals surface area contributed by atoms with Crippen LogP contribution in [0.1, 0.15) is 57.8 Å². The molecule has 1 aliphatic heterocycles. The van der Waals surface area contributed by atoms with E-state index in [1.165, 1.54) is 6.42 Å². The average Bonchev–Trinajstić information content (AvgIpc) is 2.47. The number of carbonyl (C=O) groups excluding carboxylic acids is 2. The Kier molecular flexibility index (Phi) is 6.03. The SMILES string of the molecule is NC[C@@H]1CCCCN(C(=O)C2CCCCC2)[C@@H](C(N)=O)C1. The maximum atomic E-state index is 12.8. The van der Waals surface area contributed by atoms with E-state index in [0.29, 0.717) is 25.4 Å². The minimum Gasteiger partial charge on any atom is -0.368 e. The highest BCUT2D eigenvalue weighted by atomic mass is 16.2. The topological polar surface area (TPSA) is 89.4 Å². The van der Waals surface area contributed by atoms with Crippen LogP contribution in [-0.4, -0.2) is 35.8 Å². The Bertz CT molecular complexity index is 367. The van der Waals surface area contributed by atoms with Crippen molar-refractivity contribution in [2.75, 3.05) is 13.1 Å². The van der Waals surface area contributed by atoms with E-state index in [2.05, 4.69) is 0 Å². The summed E-state index contributed by atoms with van der Waals surface area (Å²) in [6, 6.07) is -0.465. The van der Waals surface area contributed by atoms with Crippen LogP contribution in [0.2, 0.25) is 0 Å². The summed E-state index contributed by atoms with van der Waals surface area (Å²) in [5, 5.41) is 0. The van der Waals surface area contributed by atoms with Gasteiger partial charge in [0.1, 0.15) is 6.04 Å². The molecule has 2 amide bonds. The van der Waals surface area contributed by atoms with Crippen LogP contribution in [0.3, 0.4) is 0 Å². The number of nitrogens with zero attached hydrogens (tertiary/aromatic N) is 1. The Hall–Kier alpha value is -1.10. The normalized spacial score (nSPS) is 28.7. The lowest BCUT2D eigenvalue weighted by molar-refractivity contribution is -0.144. The van der Waals surface area contributed by atoms with E-state index in [-0.39, 0.29) is 17.7 Å². The van der Waals surface area contributed by atoms with Gasteiger partial charge in [-0.3, -0.25) is 9.59 Å². The first kappa shape index (κ1) is 16.3. The highest BCUT2D eigenvalue weighted by molar-refractivity contribution is 5.87. The lowest BCUT2D eigenvalue weighted by atomic mass is 9.86. The lowest BCUT2D eigenvalue weighted by Crippen LogP contribution is -2.52. The van der Waals surface area contributed by atoms with Crippen LogP contribution in [0.15, 0.2) is 0 Å². The zero-order valence-electron chi connectivity index (χ0n) is 12.9. The number of amides is 2. The quantitative estimate of drug-likeness (QED) is 0.824. The van der Waals surface area contributed by atoms with Gasteiger partial charge in [-0.25, -0.2) is 0 Å². The highest BCUT2D eigenvalue weighted by Gasteiger charge is 2.35. The molecule has 2 rings (SSSR count). The molecule has 5 heteroatoms. The van der Waals surface area contributed by atoms with Gasteiger partial charge in [-0.1, -0.05) is 25.7 Å². The van der Waals surface area contributed by atoms with Gasteiger partial charge in [0, 0.05) is 12.5 Å². The van der Waals surface area contributed by atoms with Crippen molar-refractivity contribution < 1.29 is 9.59 Å². The van der Waals surface area contributed by atoms with Crippen LogP contribution in [-0.2, 0) is 9.59 Å². The minimum atomic E-state index is -0.465. The maximum Gasteiger partial charge on any atom is 0.240 e. The Morgan fingerprint density at radius 2 is 1.67 bits per heavy atom. The van der Waals surface area contributed by atoms with Crippen molar-refractivity contribution in [3.63, 3.8) is 0 Å². The van der Waals surface area contributed by atoms with E-state index in [1.807, 2.05) is 0 Å². The van der Waals surface area contributed by atoms with Crippen LogP contribution in [0.4, 0.5) is 0 Å². The van der Waals surface area contributed by atoms with E-state index in [4.69, 9.17) is 11.5 Å². The summed E-state index contributed by atoms with van der Waals surface area (Å²) in [4.78, 5) is 26.5. The van der Waals surface area contributed by atoms with Crippen molar-refractivity contribution in [2.45, 2.75) is 63.8 Å². The molecule has 0 unspecified atom stereocenters. The number of hydrogen-bond acceptors (Lipinski definition) is 3. The fraction of sp³-hybridized carbons (Fsp3) is 0.875. The Morgan fingerprint density at radius 3 is 2.29 bits per heavy atom. The molecule has 0 aromatic carbocycles. The zero-order valence-corrected chi connectivity index (χ0v) is 12.9. The molecule has 0 aromatic rings. The van der Waals surface area contributed by atoms with Crippen LogP contribution in [0, 0.1) is 11.8 Å². The van der Waals surface area contributed by atoms with E-state index < -0.39 is 6.04 Å². The molecule has 2 fully saturated rings. The summed E-state index contributed by atoms with van der Waals surface area (Å²) in [5.74, 6) is 0.163. The molecule has 0 spiro atoms. The van der Waals surface area contributed by atoms with Crippen LogP contribution in [0.25, 0.3) is 0 Å². The Labute approximate surface area is 127 Å². The summed E-state index contributed by atoms with van der Waals surface area (Å²) in [6.45, 7) is 1.23. The number of likely N-dealkylation sites (tertiary alicyclic amines) is 1. The molecule has 1 aliphatic carbocycles. The first-order valence-corrected chi connectivity index (χ1v) is 8.43. The number of primary amides is 1. The molecule has 4 N–H and O–H groups in total. The number of carbonyl (C=O) groups is 2. The van der Waals surface area contributed by atoms with Gasteiger partial charge in [0.05, 0.1) is 0 Å². The summed E-state index contributed by atoms with van der Waals surface area (Å²) < 4.78 is 0. The predicted molar refractivity (Wildman–Crippen MR) is 82.3 cm³/mol. The fourth-order valence-corrected chi connectivity index (χ4v) is 3.76. The summed E-state index contributed by atoms with van der Waals surface area (Å²) in [7, 11) is 0. The van der Waals surface area contributed by atoms with Gasteiger partial charge in [-0.15, -0.1) is 0 Å². The average molecular weight is 295 g/mol. The van der Waals surface area contributed by atoms with Crippen molar-refractivity contribution in [1.82, 2.24) is 4.90 Å². The fourth-order valence-electron chi connectivity index (χ4n) is 3.76. The predicted octanol–water partition coefficient (Wildman–Crippen LogP) is 1.40. The standard InChI is InChI=1S/C16H29N3O2/c17-11-12-6-4-5-9-19(14(10-12)15(18)20)16(21)13-7-2-1-3-8-13/h12-14H,1-11,17H2,(H2,18,20)/t12-,14-/m1/s1. The number of nitrogens with two attached hydrogens (primary N) is 2. The third-order valence-electron chi connectivity index (χ3n) is 5.09. The van der Waals surface area contributed by atoms with Gasteiger partial charge >= 0.3 is 0 Å². The van der Waals surface area contributed by atoms with Crippen LogP contribution in [0.5, 0.6) is 0 Å². The summed E-state index contributed by atoms with van der Waals surface area (Å²) >= 11 is 0. The number of rotatable bonds is 3. The molecule has 1 heterocycles. The monoisotopic (exact) mass is 295 g/mol. The summed E-state index contributed by atoms with van der Waals surface area (Å²) in [6.07, 6.45) is 9.06. The van der Waals surface area contributed by atoms with E-state index in [0.717, 1.165) is 44.9 Å². The smallest absolute Gasteiger partial charge is 0.240 e. The molecule has 0 radical (unpaired) electrons. The molecule has 2 aliphatic rings. The number of hydrogen-bond donors (Lipinski definition) is 2. The largest absolute Gasteiger partial charge is 0.368 e. The zero-order chi connectivity index (χ0) is 15.2. The third-order valence-corrected chi connectivity index (χ3v) is 5.09. The second kappa shape index (κ2) is 7.78. The van der Waals surface area contributed by atoms with Gasteiger partial charge < -0.3 is 16.4 Å². The molecule has 0 bridgehead atoms. The second-order valence-electron chi connectivity index (χ2n) is 6.62. The minimum absolute atomic E-state index is 0.0938. The van der Waals surface area contributed by atoms with Gasteiger partial charge in [0.25, 0.3) is 0 Å². The molecular formula is C16H29N3O2. The van der Waals surface area contributed by atoms with E-state index in [1.54, 1.807) is 4.90 Å². The van der Waals surface area contributed by atoms with E-state index >= 15 is 0 Å². The second-order valence-corrected chi connectivity index (χ2v) is 6.62. The highest BCUT2D eigenvalue weighted by Crippen LogP contribution is 2.29. The van der Waals surface area contributed by atoms with Crippen LogP contribution < -0.4 is 11.5 Å². The molecule has 2 atom stereocenters. The van der Waals surface area contributed by atoms with Gasteiger partial charge in [0.15, 0.2) is 0 Å². The molecule has 21 heavy (non-hydrogen) atoms. The van der Waals surface area contributed by atoms with Crippen molar-refractivity contribution in [3.05, 3.63) is 0 Å². The first-order chi connectivity index (χ1) is 10.1. The molecule has 5 nitrogen and oxygen atoms in total.